The number of aryl methyl sites for hydroxylation is 1. The zero-order chi connectivity index (χ0) is 10.8. The summed E-state index contributed by atoms with van der Waals surface area (Å²) < 4.78 is 5.27. The van der Waals surface area contributed by atoms with E-state index in [9.17, 15) is 0 Å². The molecule has 0 aromatic carbocycles. The first-order valence-electron chi connectivity index (χ1n) is 4.61. The Hall–Kier alpha value is -1.32. The molecule has 0 bridgehead atoms. The fourth-order valence-corrected chi connectivity index (χ4v) is 0.865. The highest BCUT2D eigenvalue weighted by Gasteiger charge is 2.15. The second-order valence-electron chi connectivity index (χ2n) is 4.32. The Bertz CT molecular complexity index is 333. The van der Waals surface area contributed by atoms with Gasteiger partial charge < -0.3 is 10.2 Å². The van der Waals surface area contributed by atoms with Crippen LogP contribution in [0, 0.1) is 12.3 Å². The molecule has 0 unspecified atom stereocenters. The van der Waals surface area contributed by atoms with Gasteiger partial charge in [0.2, 0.25) is 5.89 Å². The van der Waals surface area contributed by atoms with Gasteiger partial charge in [-0.3, -0.25) is 4.99 Å². The summed E-state index contributed by atoms with van der Waals surface area (Å²) in [5.41, 5.74) is 5.69. The van der Waals surface area contributed by atoms with Crippen LogP contribution in [0.4, 0.5) is 0 Å². The molecule has 0 aliphatic rings. The van der Waals surface area contributed by atoms with Gasteiger partial charge in [-0.15, -0.1) is 0 Å². The van der Waals surface area contributed by atoms with Gasteiger partial charge in [-0.25, -0.2) is 4.98 Å². The molecule has 14 heavy (non-hydrogen) atoms. The largest absolute Gasteiger partial charge is 0.444 e. The van der Waals surface area contributed by atoms with Crippen molar-refractivity contribution >= 4 is 5.84 Å². The van der Waals surface area contributed by atoms with Crippen molar-refractivity contribution < 1.29 is 4.42 Å². The fourth-order valence-electron chi connectivity index (χ4n) is 0.865. The van der Waals surface area contributed by atoms with Crippen LogP contribution in [-0.2, 0) is 6.54 Å². The van der Waals surface area contributed by atoms with Crippen molar-refractivity contribution in [1.82, 2.24) is 4.98 Å². The number of nitrogens with zero attached hydrogens (tertiary/aromatic N) is 2. The lowest BCUT2D eigenvalue weighted by Gasteiger charge is -2.16. The van der Waals surface area contributed by atoms with Crippen LogP contribution in [0.5, 0.6) is 0 Å². The first-order valence-corrected chi connectivity index (χ1v) is 4.61. The standard InChI is InChI=1S/C10H17N3O/c1-7-5-12-8(14-7)6-13-9(11)10(2,3)4/h5H,6H2,1-4H3,(H2,11,13). The first kappa shape index (κ1) is 10.8. The van der Waals surface area contributed by atoms with Crippen molar-refractivity contribution in [2.45, 2.75) is 34.2 Å². The molecule has 0 atom stereocenters. The molecule has 0 aliphatic carbocycles. The van der Waals surface area contributed by atoms with Crippen LogP contribution in [0.15, 0.2) is 15.6 Å². The molecule has 0 aliphatic heterocycles. The van der Waals surface area contributed by atoms with Crippen LogP contribution in [0.1, 0.15) is 32.4 Å². The maximum atomic E-state index is 5.79. The smallest absolute Gasteiger partial charge is 0.216 e. The highest BCUT2D eigenvalue weighted by atomic mass is 16.4. The Labute approximate surface area is 84.2 Å². The number of hydrogen-bond donors (Lipinski definition) is 1. The van der Waals surface area contributed by atoms with E-state index in [4.69, 9.17) is 10.2 Å². The second kappa shape index (κ2) is 3.82. The number of amidine groups is 1. The molecule has 0 radical (unpaired) electrons. The van der Waals surface area contributed by atoms with Crippen molar-refractivity contribution in [3.63, 3.8) is 0 Å². The normalized spacial score (nSPS) is 13.3. The average molecular weight is 195 g/mol. The van der Waals surface area contributed by atoms with E-state index >= 15 is 0 Å². The quantitative estimate of drug-likeness (QED) is 0.579. The average Bonchev–Trinajstić information content (AvgIpc) is 2.45. The minimum atomic E-state index is -0.0956. The van der Waals surface area contributed by atoms with Gasteiger partial charge in [-0.1, -0.05) is 20.8 Å². The van der Waals surface area contributed by atoms with Crippen LogP contribution in [0.3, 0.4) is 0 Å². The zero-order valence-corrected chi connectivity index (χ0v) is 9.16. The highest BCUT2D eigenvalue weighted by Crippen LogP contribution is 2.13. The molecule has 1 heterocycles. The summed E-state index contributed by atoms with van der Waals surface area (Å²) in [6.07, 6.45) is 1.68. The minimum absolute atomic E-state index is 0.0956. The summed E-state index contributed by atoms with van der Waals surface area (Å²) in [7, 11) is 0. The molecule has 0 amide bonds. The van der Waals surface area contributed by atoms with E-state index in [2.05, 4.69) is 9.98 Å². The first-order chi connectivity index (χ1) is 6.39. The van der Waals surface area contributed by atoms with Crippen molar-refractivity contribution in [3.8, 4) is 0 Å². The molecule has 1 rings (SSSR count). The van der Waals surface area contributed by atoms with E-state index < -0.39 is 0 Å². The monoisotopic (exact) mass is 195 g/mol. The molecule has 78 valence electrons. The van der Waals surface area contributed by atoms with Gasteiger partial charge >= 0.3 is 0 Å². The lowest BCUT2D eigenvalue weighted by Crippen LogP contribution is -2.29. The number of hydrogen-bond acceptors (Lipinski definition) is 3. The zero-order valence-electron chi connectivity index (χ0n) is 9.16. The summed E-state index contributed by atoms with van der Waals surface area (Å²) in [4.78, 5) is 8.26. The van der Waals surface area contributed by atoms with Gasteiger partial charge in [-0.05, 0) is 6.92 Å². The van der Waals surface area contributed by atoms with Gasteiger partial charge in [-0.2, -0.15) is 0 Å². The molecule has 2 N–H and O–H groups in total. The molecule has 4 heteroatoms. The van der Waals surface area contributed by atoms with Crippen LogP contribution < -0.4 is 5.73 Å². The van der Waals surface area contributed by atoms with Gasteiger partial charge in [0.05, 0.1) is 12.0 Å². The third-order valence-corrected chi connectivity index (χ3v) is 1.82. The molecule has 0 saturated carbocycles. The topological polar surface area (TPSA) is 64.4 Å². The molecular formula is C10H17N3O. The minimum Gasteiger partial charge on any atom is -0.444 e. The van der Waals surface area contributed by atoms with Gasteiger partial charge in [0.15, 0.2) is 0 Å². The lowest BCUT2D eigenvalue weighted by molar-refractivity contribution is 0.472. The van der Waals surface area contributed by atoms with Crippen LogP contribution in [-0.4, -0.2) is 10.8 Å². The highest BCUT2D eigenvalue weighted by molar-refractivity contribution is 5.85. The Morgan fingerprint density at radius 2 is 2.21 bits per heavy atom. The predicted molar refractivity (Wildman–Crippen MR) is 56.0 cm³/mol. The maximum Gasteiger partial charge on any atom is 0.216 e. The Morgan fingerprint density at radius 1 is 1.57 bits per heavy atom. The number of nitrogens with two attached hydrogens (primary N) is 1. The van der Waals surface area contributed by atoms with Crippen molar-refractivity contribution in [2.75, 3.05) is 0 Å². The molecule has 1 aromatic rings. The molecule has 0 saturated heterocycles. The van der Waals surface area contributed by atoms with Crippen molar-refractivity contribution in [3.05, 3.63) is 17.8 Å². The summed E-state index contributed by atoms with van der Waals surface area (Å²) in [5, 5.41) is 0. The maximum absolute atomic E-state index is 5.79. The summed E-state index contributed by atoms with van der Waals surface area (Å²) in [6.45, 7) is 8.33. The molecule has 0 fully saturated rings. The van der Waals surface area contributed by atoms with E-state index in [0.29, 0.717) is 18.3 Å². The molecular weight excluding hydrogens is 178 g/mol. The van der Waals surface area contributed by atoms with Crippen molar-refractivity contribution in [2.24, 2.45) is 16.1 Å². The number of rotatable bonds is 2. The number of aromatic nitrogens is 1. The van der Waals surface area contributed by atoms with E-state index in [-0.39, 0.29) is 5.41 Å². The summed E-state index contributed by atoms with van der Waals surface area (Å²) >= 11 is 0. The third-order valence-electron chi connectivity index (χ3n) is 1.82. The van der Waals surface area contributed by atoms with Gasteiger partial charge in [0, 0.05) is 5.41 Å². The predicted octanol–water partition coefficient (Wildman–Crippen LogP) is 1.89. The van der Waals surface area contributed by atoms with E-state index in [1.807, 2.05) is 27.7 Å². The Balaban J connectivity index is 2.64. The van der Waals surface area contributed by atoms with Crippen LogP contribution >= 0.6 is 0 Å². The Morgan fingerprint density at radius 3 is 2.64 bits per heavy atom. The fraction of sp³-hybridized carbons (Fsp3) is 0.600. The van der Waals surface area contributed by atoms with Gasteiger partial charge in [0.25, 0.3) is 0 Å². The van der Waals surface area contributed by atoms with Crippen LogP contribution in [0.25, 0.3) is 0 Å². The summed E-state index contributed by atoms with van der Waals surface area (Å²) in [6, 6.07) is 0. The van der Waals surface area contributed by atoms with E-state index in [1.165, 1.54) is 0 Å². The van der Waals surface area contributed by atoms with E-state index in [1.54, 1.807) is 6.20 Å². The summed E-state index contributed by atoms with van der Waals surface area (Å²) in [5.74, 6) is 2.02. The second-order valence-corrected chi connectivity index (χ2v) is 4.32. The van der Waals surface area contributed by atoms with Crippen LogP contribution in [0.2, 0.25) is 0 Å². The molecule has 1 aromatic heterocycles. The number of oxazole rings is 1. The van der Waals surface area contributed by atoms with E-state index in [0.717, 1.165) is 5.76 Å². The Kier molecular flexibility index (Phi) is 2.93. The van der Waals surface area contributed by atoms with Gasteiger partial charge in [0.1, 0.15) is 12.3 Å². The number of aliphatic imine (C=N–C) groups is 1. The molecule has 4 nitrogen and oxygen atoms in total. The lowest BCUT2D eigenvalue weighted by atomic mass is 9.95. The SMILES string of the molecule is Cc1cnc(CN=C(N)C(C)(C)C)o1. The molecule has 0 spiro atoms. The van der Waals surface area contributed by atoms with Crippen molar-refractivity contribution in [1.29, 1.82) is 0 Å². The third kappa shape index (κ3) is 2.87.